The molecule has 81 heavy (non-hydrogen) atoms. The molecule has 0 bridgehead atoms. The standard InChI is InChI=1S/C60H62O20S/c1-25-29(5)49(33(9)51(73-15)43(25)55(61)62)79-59(67)45-27(3)31(7)47(35(11)53(45)75-17)77-57(65)39-23-37(19-21-41(39)71-13)81(69,70)38-20-22-42(72-14)40(24-38)58(66)78-48-32(8)28(4)46(54(76-18)36(48)12)60(68)80-50-30(6)26(2)44(56(63)64)52(74-16)34(50)10/h19-24H,1-18H3,(H,61,62)(H,63,64). The van der Waals surface area contributed by atoms with Crippen LogP contribution in [0.15, 0.2) is 46.2 Å². The van der Waals surface area contributed by atoms with Gasteiger partial charge < -0.3 is 57.6 Å². The fourth-order valence-corrected chi connectivity index (χ4v) is 11.1. The third-order valence-corrected chi connectivity index (χ3v) is 16.3. The summed E-state index contributed by atoms with van der Waals surface area (Å²) in [7, 11) is 3.19. The van der Waals surface area contributed by atoms with E-state index in [1.807, 2.05) is 0 Å². The number of ether oxygens (including phenoxy) is 10. The zero-order valence-corrected chi connectivity index (χ0v) is 48.9. The first-order chi connectivity index (χ1) is 38.0. The van der Waals surface area contributed by atoms with Crippen molar-refractivity contribution in [1.82, 2.24) is 0 Å². The third kappa shape index (κ3) is 10.8. The highest BCUT2D eigenvalue weighted by Gasteiger charge is 2.34. The van der Waals surface area contributed by atoms with Gasteiger partial charge in [-0.2, -0.15) is 0 Å². The number of aromatic carboxylic acids is 2. The molecule has 20 nitrogen and oxygen atoms in total. The van der Waals surface area contributed by atoms with Gasteiger partial charge in [0.2, 0.25) is 9.84 Å². The number of methoxy groups -OCH3 is 6. The molecule has 6 aromatic carbocycles. The van der Waals surface area contributed by atoms with E-state index in [-0.39, 0.29) is 113 Å². The second-order valence-electron chi connectivity index (χ2n) is 18.8. The van der Waals surface area contributed by atoms with Crippen molar-refractivity contribution in [2.45, 2.75) is 92.9 Å². The molecule has 0 amide bonds. The highest BCUT2D eigenvalue weighted by Crippen LogP contribution is 2.45. The summed E-state index contributed by atoms with van der Waals surface area (Å²) in [5, 5.41) is 19.8. The smallest absolute Gasteiger partial charge is 0.347 e. The number of carboxylic acid groups (broad SMARTS) is 2. The van der Waals surface area contributed by atoms with Gasteiger partial charge in [-0.1, -0.05) is 0 Å². The summed E-state index contributed by atoms with van der Waals surface area (Å²) >= 11 is 0. The van der Waals surface area contributed by atoms with Gasteiger partial charge in [0.15, 0.2) is 0 Å². The first-order valence-corrected chi connectivity index (χ1v) is 26.2. The van der Waals surface area contributed by atoms with E-state index in [1.54, 1.807) is 83.1 Å². The normalized spacial score (nSPS) is 11.1. The van der Waals surface area contributed by atoms with E-state index >= 15 is 0 Å². The van der Waals surface area contributed by atoms with Crippen molar-refractivity contribution >= 4 is 45.7 Å². The van der Waals surface area contributed by atoms with E-state index in [0.29, 0.717) is 44.5 Å². The number of esters is 4. The molecule has 428 valence electrons. The van der Waals surface area contributed by atoms with Gasteiger partial charge in [0.25, 0.3) is 0 Å². The number of benzene rings is 6. The van der Waals surface area contributed by atoms with Crippen molar-refractivity contribution in [3.8, 4) is 57.5 Å². The Morgan fingerprint density at radius 3 is 0.815 bits per heavy atom. The Balaban J connectivity index is 1.33. The molecule has 21 heteroatoms. The quantitative estimate of drug-likeness (QED) is 0.0598. The van der Waals surface area contributed by atoms with Crippen LogP contribution < -0.4 is 47.4 Å². The molecule has 0 radical (unpaired) electrons. The second kappa shape index (κ2) is 23.7. The first-order valence-electron chi connectivity index (χ1n) is 24.7. The molecule has 2 N–H and O–H groups in total. The van der Waals surface area contributed by atoms with Gasteiger partial charge in [0.1, 0.15) is 90.9 Å². The van der Waals surface area contributed by atoms with Crippen molar-refractivity contribution in [3.05, 3.63) is 137 Å². The van der Waals surface area contributed by atoms with Gasteiger partial charge in [-0.15, -0.1) is 0 Å². The predicted octanol–water partition coefficient (Wildman–Crippen LogP) is 10.5. The first kappa shape index (κ1) is 61.1. The van der Waals surface area contributed by atoms with Crippen molar-refractivity contribution < 1.29 is 94.8 Å². The molecule has 0 aliphatic heterocycles. The lowest BCUT2D eigenvalue weighted by Gasteiger charge is -2.22. The summed E-state index contributed by atoms with van der Waals surface area (Å²) in [4.78, 5) is 80.2. The molecule has 0 aliphatic rings. The summed E-state index contributed by atoms with van der Waals surface area (Å²) in [5.74, 6) is -6.23. The van der Waals surface area contributed by atoms with Gasteiger partial charge in [0, 0.05) is 22.3 Å². The van der Waals surface area contributed by atoms with Crippen molar-refractivity contribution in [2.75, 3.05) is 42.7 Å². The molecule has 0 fully saturated rings. The minimum atomic E-state index is -4.58. The van der Waals surface area contributed by atoms with Crippen LogP contribution in [0.4, 0.5) is 0 Å². The molecule has 6 rings (SSSR count). The lowest BCUT2D eigenvalue weighted by Crippen LogP contribution is -2.19. The zero-order valence-electron chi connectivity index (χ0n) is 48.1. The van der Waals surface area contributed by atoms with E-state index < -0.39 is 55.4 Å². The Labute approximate surface area is 468 Å². The van der Waals surface area contributed by atoms with Crippen LogP contribution in [0.1, 0.15) is 129 Å². The molecule has 0 atom stereocenters. The number of carbonyl (C=O) groups is 6. The highest BCUT2D eigenvalue weighted by molar-refractivity contribution is 7.91. The van der Waals surface area contributed by atoms with Crippen LogP contribution in [0.2, 0.25) is 0 Å². The number of carboxylic acids is 2. The predicted molar refractivity (Wildman–Crippen MR) is 294 cm³/mol. The van der Waals surface area contributed by atoms with Crippen molar-refractivity contribution in [2.24, 2.45) is 0 Å². The molecule has 0 aliphatic carbocycles. The summed E-state index contributed by atoms with van der Waals surface area (Å²) in [6, 6.07) is 7.02. The Morgan fingerprint density at radius 1 is 0.321 bits per heavy atom. The van der Waals surface area contributed by atoms with E-state index in [9.17, 15) is 47.4 Å². The van der Waals surface area contributed by atoms with Gasteiger partial charge >= 0.3 is 35.8 Å². The summed E-state index contributed by atoms with van der Waals surface area (Å²) in [6.07, 6.45) is 0. The number of hydrogen-bond donors (Lipinski definition) is 2. The van der Waals surface area contributed by atoms with E-state index in [2.05, 4.69) is 0 Å². The summed E-state index contributed by atoms with van der Waals surface area (Å²) in [6.45, 7) is 18.9. The number of rotatable bonds is 18. The molecule has 0 saturated heterocycles. The van der Waals surface area contributed by atoms with Crippen LogP contribution in [0.5, 0.6) is 57.5 Å². The Kier molecular flexibility index (Phi) is 17.9. The number of carbonyl (C=O) groups excluding carboxylic acids is 4. The minimum absolute atomic E-state index is 0.00801. The molecular formula is C60H62O20S. The van der Waals surface area contributed by atoms with Gasteiger partial charge in [-0.05, 0) is 164 Å². The van der Waals surface area contributed by atoms with E-state index in [1.165, 1.54) is 66.9 Å². The molecule has 0 spiro atoms. The number of sulfone groups is 1. The maximum atomic E-state index is 14.5. The SMILES string of the molecule is COc1ccc(S(=O)(=O)c2ccc(OC)c(C(=O)Oc3c(C)c(C)c(C(=O)Oc4c(C)c(C)c(C(=O)O)c(OC)c4C)c(OC)c3C)c2)cc1C(=O)Oc1c(C)c(C)c(C(=O)Oc2c(C)c(C)c(C(=O)O)c(OC)c2C)c(OC)c1C. The van der Waals surface area contributed by atoms with E-state index in [0.717, 1.165) is 12.1 Å². The highest BCUT2D eigenvalue weighted by atomic mass is 32.2. The van der Waals surface area contributed by atoms with Crippen molar-refractivity contribution in [1.29, 1.82) is 0 Å². The van der Waals surface area contributed by atoms with Gasteiger partial charge in [0.05, 0.1) is 52.4 Å². The molecule has 0 unspecified atom stereocenters. The molecule has 0 aromatic heterocycles. The van der Waals surface area contributed by atoms with E-state index in [4.69, 9.17) is 47.4 Å². The summed E-state index contributed by atoms with van der Waals surface area (Å²) < 4.78 is 86.2. The number of hydrogen-bond acceptors (Lipinski definition) is 18. The minimum Gasteiger partial charge on any atom is -0.496 e. The average Bonchev–Trinajstić information content (AvgIpc) is 3.49. The van der Waals surface area contributed by atoms with Gasteiger partial charge in [-0.3, -0.25) is 0 Å². The molecule has 6 aromatic rings. The van der Waals surface area contributed by atoms with Crippen LogP contribution in [-0.2, 0) is 9.84 Å². The van der Waals surface area contributed by atoms with Crippen LogP contribution in [0, 0.1) is 83.1 Å². The Morgan fingerprint density at radius 2 is 0.568 bits per heavy atom. The van der Waals surface area contributed by atoms with Crippen LogP contribution >= 0.6 is 0 Å². The average molecular weight is 1140 g/mol. The fourth-order valence-electron chi connectivity index (χ4n) is 9.79. The monoisotopic (exact) mass is 1130 g/mol. The molecule has 0 heterocycles. The fraction of sp³-hybridized carbons (Fsp3) is 0.300. The van der Waals surface area contributed by atoms with Crippen LogP contribution in [-0.4, -0.2) is 97.1 Å². The van der Waals surface area contributed by atoms with Crippen LogP contribution in [0.3, 0.4) is 0 Å². The Hall–Kier alpha value is -9.11. The largest absolute Gasteiger partial charge is 0.496 e. The third-order valence-electron chi connectivity index (χ3n) is 14.6. The second-order valence-corrected chi connectivity index (χ2v) is 20.8. The lowest BCUT2D eigenvalue weighted by atomic mass is 9.95. The summed E-state index contributed by atoms with van der Waals surface area (Å²) in [5.41, 5.74) is 2.80. The topological polar surface area (TPSA) is 269 Å². The molecular weight excluding hydrogens is 1070 g/mol. The lowest BCUT2D eigenvalue weighted by molar-refractivity contribution is 0.0679. The maximum absolute atomic E-state index is 14.5. The maximum Gasteiger partial charge on any atom is 0.347 e. The van der Waals surface area contributed by atoms with Gasteiger partial charge in [-0.25, -0.2) is 37.2 Å². The molecule has 0 saturated carbocycles. The van der Waals surface area contributed by atoms with Crippen molar-refractivity contribution in [3.63, 3.8) is 0 Å². The zero-order chi connectivity index (χ0) is 60.6. The Bertz CT molecular complexity index is 3550. The van der Waals surface area contributed by atoms with Crippen LogP contribution in [0.25, 0.3) is 0 Å².